The Morgan fingerprint density at radius 3 is 1.32 bits per heavy atom. The smallest absolute Gasteiger partial charge is 0.304 e. The molecule has 0 aromatic carbocycles. The van der Waals surface area contributed by atoms with E-state index < -0.39 is 0 Å². The topological polar surface area (TPSA) is 233 Å². The molecule has 20 nitrogen and oxygen atoms in total. The molecule has 8 rings (SSSR count). The highest BCUT2D eigenvalue weighted by atomic mass is 16.4. The second kappa shape index (κ2) is 25.0. The Hall–Kier alpha value is -5.83. The average Bonchev–Trinajstić information content (AvgIpc) is 3.70. The lowest BCUT2D eigenvalue weighted by Crippen LogP contribution is -2.53. The third-order valence-corrected chi connectivity index (χ3v) is 14.0. The van der Waals surface area contributed by atoms with E-state index in [9.17, 15) is 19.2 Å². The number of nitrogens with one attached hydrogen (secondary N) is 4. The summed E-state index contributed by atoms with van der Waals surface area (Å²) < 4.78 is 5.29. The Bertz CT molecular complexity index is 2090. The van der Waals surface area contributed by atoms with Crippen LogP contribution in [-0.4, -0.2) is 133 Å². The average molecular weight is 982 g/mol. The van der Waals surface area contributed by atoms with Gasteiger partial charge in [0.2, 0.25) is 23.6 Å². The third kappa shape index (κ3) is 14.0. The van der Waals surface area contributed by atoms with E-state index in [1.165, 1.54) is 12.6 Å². The normalized spacial score (nSPS) is 24.1. The quantitative estimate of drug-likeness (QED) is 0.167. The first-order valence-corrected chi connectivity index (χ1v) is 25.0. The Morgan fingerprint density at radius 1 is 0.493 bits per heavy atom. The minimum atomic E-state index is -0.256. The molecule has 4 atom stereocenters. The second-order valence-corrected chi connectivity index (χ2v) is 20.9. The Kier molecular flexibility index (Phi) is 19.8. The summed E-state index contributed by atoms with van der Waals surface area (Å²) in [7, 11) is 7.30. The molecule has 4 aliphatic heterocycles. The van der Waals surface area contributed by atoms with Gasteiger partial charge in [-0.15, -0.1) is 5.10 Å². The predicted molar refractivity (Wildman–Crippen MR) is 276 cm³/mol. The highest BCUT2D eigenvalue weighted by Gasteiger charge is 2.43. The van der Waals surface area contributed by atoms with Crippen LogP contribution < -0.4 is 40.9 Å². The number of carbonyl (C=O) groups excluding carboxylic acids is 4. The van der Waals surface area contributed by atoms with Crippen molar-refractivity contribution in [2.24, 2.45) is 0 Å². The molecule has 4 N–H and O–H groups in total. The highest BCUT2D eigenvalue weighted by Crippen LogP contribution is 2.35. The minimum Gasteiger partial charge on any atom is -0.432 e. The number of oxazole rings is 1. The lowest BCUT2D eigenvalue weighted by molar-refractivity contribution is -0.122. The van der Waals surface area contributed by atoms with Gasteiger partial charge < -0.3 is 25.7 Å². The van der Waals surface area contributed by atoms with Crippen LogP contribution in [0.1, 0.15) is 132 Å². The zero-order valence-corrected chi connectivity index (χ0v) is 44.1. The molecule has 0 spiro atoms. The van der Waals surface area contributed by atoms with Crippen LogP contribution in [0, 0.1) is 0 Å². The molecule has 4 aromatic heterocycles. The minimum absolute atomic E-state index is 0.0393. The molecule has 4 aromatic rings. The van der Waals surface area contributed by atoms with Crippen molar-refractivity contribution >= 4 is 47.1 Å². The van der Waals surface area contributed by atoms with Crippen molar-refractivity contribution in [3.05, 3.63) is 68.0 Å². The molecule has 4 fully saturated rings. The molecular weight excluding hydrogens is 903 g/mol. The molecule has 8 heterocycles. The fourth-order valence-electron chi connectivity index (χ4n) is 9.97. The van der Waals surface area contributed by atoms with Crippen molar-refractivity contribution in [2.75, 3.05) is 47.8 Å². The first kappa shape index (κ1) is 56.1. The predicted octanol–water partition coefficient (Wildman–Crippen LogP) is 5.64. The van der Waals surface area contributed by atoms with Crippen molar-refractivity contribution in [2.45, 2.75) is 179 Å². The van der Waals surface area contributed by atoms with Crippen LogP contribution >= 0.6 is 0 Å². The van der Waals surface area contributed by atoms with Gasteiger partial charge in [-0.2, -0.15) is 5.10 Å². The van der Waals surface area contributed by atoms with Gasteiger partial charge >= 0.3 is 6.01 Å². The van der Waals surface area contributed by atoms with Crippen LogP contribution in [0.2, 0.25) is 0 Å². The third-order valence-electron chi connectivity index (χ3n) is 14.0. The number of hydrogen-bond donors (Lipinski definition) is 4. The van der Waals surface area contributed by atoms with E-state index in [-0.39, 0.29) is 70.0 Å². The molecule has 71 heavy (non-hydrogen) atoms. The number of aromatic nitrogens is 7. The molecule has 20 heteroatoms. The molecule has 0 bridgehead atoms. The lowest BCUT2D eigenvalue weighted by atomic mass is 9.97. The largest absolute Gasteiger partial charge is 0.432 e. The summed E-state index contributed by atoms with van der Waals surface area (Å²) in [6.45, 7) is 16.6. The summed E-state index contributed by atoms with van der Waals surface area (Å²) in [5, 5.41) is 20.3. The van der Waals surface area contributed by atoms with Gasteiger partial charge in [-0.05, 0) is 179 Å². The number of amides is 4. The van der Waals surface area contributed by atoms with E-state index >= 15 is 0 Å². The summed E-state index contributed by atoms with van der Waals surface area (Å²) in [5.41, 5.74) is -0.915. The van der Waals surface area contributed by atoms with Gasteiger partial charge in [0.1, 0.15) is 18.4 Å². The molecule has 4 aliphatic rings. The maximum absolute atomic E-state index is 12.6. The zero-order chi connectivity index (χ0) is 52.0. The van der Waals surface area contributed by atoms with Crippen molar-refractivity contribution in [1.82, 2.24) is 56.4 Å². The number of likely N-dealkylation sites (N-methyl/N-ethyl adjacent to an activating group) is 4. The van der Waals surface area contributed by atoms with Crippen molar-refractivity contribution in [3.8, 4) is 0 Å². The summed E-state index contributed by atoms with van der Waals surface area (Å²) in [4.78, 5) is 77.9. The molecule has 0 aliphatic carbocycles. The summed E-state index contributed by atoms with van der Waals surface area (Å²) in [6.07, 6.45) is 24.2. The molecule has 0 radical (unpaired) electrons. The standard InChI is InChI=1S/3C13H20N4O.C12H19N3O2/c1-13(2)8-4-6-10(14-3)12(18)17(13)11-7-5-9-15-16-11;1-13(2)7-4-5-10(14-3)12(18)17(13)11-6-8-15-9-16-11;1-13(2)6-4-5-10(14-3)12(18)17(13)11-9-15-7-8-16-11;1-12(2)6-4-5-9(13-3)10(16)15(12)11-14-7-8-17-11/h5,7,9-10,14H,4,6,8H2,1-3H3;6,8-10,14H,4-5,7H2,1-3H3;7-10,14H,4-6H2,1-3H3;7-9,13H,4-6H2,1-3H3. The molecule has 388 valence electrons. The van der Waals surface area contributed by atoms with Crippen molar-refractivity contribution in [1.29, 1.82) is 0 Å². The lowest BCUT2D eigenvalue weighted by Gasteiger charge is -2.37. The van der Waals surface area contributed by atoms with Crippen molar-refractivity contribution in [3.63, 3.8) is 0 Å². The maximum atomic E-state index is 12.6. The SMILES string of the molecule is CNC1CCCC(C)(C)N(c2cccnn2)C1=O.CNC1CCCC(C)(C)N(c2ccncn2)C1=O.CNC1CCCC(C)(C)N(c2cnccn2)C1=O.CNC1CCCC(C)(C)N(c2ncco2)C1=O. The van der Waals surface area contributed by atoms with Crippen LogP contribution in [0.25, 0.3) is 0 Å². The molecule has 4 amide bonds. The van der Waals surface area contributed by atoms with Gasteiger partial charge in [0.25, 0.3) is 0 Å². The van der Waals surface area contributed by atoms with Crippen molar-refractivity contribution < 1.29 is 23.6 Å². The highest BCUT2D eigenvalue weighted by molar-refractivity contribution is 5.99. The van der Waals surface area contributed by atoms with Gasteiger partial charge in [0.05, 0.1) is 36.6 Å². The number of carbonyl (C=O) groups is 4. The fraction of sp³-hybridized carbons (Fsp3) is 0.627. The molecule has 4 saturated heterocycles. The van der Waals surface area contributed by atoms with Crippen LogP contribution in [0.15, 0.2) is 72.4 Å². The Morgan fingerprint density at radius 2 is 0.944 bits per heavy atom. The molecular formula is C51H79N15O5. The van der Waals surface area contributed by atoms with E-state index in [1.807, 2.05) is 59.1 Å². The van der Waals surface area contributed by atoms with Gasteiger partial charge in [0.15, 0.2) is 11.6 Å². The van der Waals surface area contributed by atoms with Gasteiger partial charge in [0, 0.05) is 46.9 Å². The number of anilines is 4. The van der Waals surface area contributed by atoms with Gasteiger partial charge in [-0.1, -0.05) is 0 Å². The van der Waals surface area contributed by atoms with Crippen LogP contribution in [0.3, 0.4) is 0 Å². The van der Waals surface area contributed by atoms with E-state index in [0.29, 0.717) is 23.5 Å². The first-order valence-electron chi connectivity index (χ1n) is 25.0. The summed E-state index contributed by atoms with van der Waals surface area (Å²) >= 11 is 0. The number of rotatable bonds is 8. The zero-order valence-electron chi connectivity index (χ0n) is 44.1. The van der Waals surface area contributed by atoms with E-state index in [4.69, 9.17) is 4.42 Å². The van der Waals surface area contributed by atoms with Gasteiger partial charge in [-0.25, -0.2) is 19.9 Å². The number of hydrogen-bond acceptors (Lipinski definition) is 16. The summed E-state index contributed by atoms with van der Waals surface area (Å²) in [6, 6.07) is 5.29. The second-order valence-electron chi connectivity index (χ2n) is 20.9. The van der Waals surface area contributed by atoms with E-state index in [1.54, 1.807) is 57.9 Å². The van der Waals surface area contributed by atoms with Gasteiger partial charge in [-0.3, -0.25) is 43.8 Å². The fourth-order valence-corrected chi connectivity index (χ4v) is 9.97. The Balaban J connectivity index is 0.000000176. The molecule has 4 unspecified atom stereocenters. The van der Waals surface area contributed by atoms with Crippen LogP contribution in [0.5, 0.6) is 0 Å². The van der Waals surface area contributed by atoms with E-state index in [2.05, 4.69) is 97.9 Å². The van der Waals surface area contributed by atoms with Crippen LogP contribution in [-0.2, 0) is 19.2 Å². The van der Waals surface area contributed by atoms with Crippen LogP contribution in [0.4, 0.5) is 23.5 Å². The summed E-state index contributed by atoms with van der Waals surface area (Å²) in [5.74, 6) is 2.25. The number of nitrogens with zero attached hydrogens (tertiary/aromatic N) is 11. The molecule has 0 saturated carbocycles. The Labute approximate surface area is 420 Å². The maximum Gasteiger partial charge on any atom is 0.304 e. The first-order chi connectivity index (χ1) is 33.7. The van der Waals surface area contributed by atoms with E-state index in [0.717, 1.165) is 77.0 Å². The monoisotopic (exact) mass is 982 g/mol.